The van der Waals surface area contributed by atoms with E-state index >= 15 is 0 Å². The predicted octanol–water partition coefficient (Wildman–Crippen LogP) is 7.35. The van der Waals surface area contributed by atoms with Crippen LogP contribution in [0.2, 0.25) is 0 Å². The summed E-state index contributed by atoms with van der Waals surface area (Å²) in [6.45, 7) is 4.54. The summed E-state index contributed by atoms with van der Waals surface area (Å²) in [4.78, 5) is 20.4. The molecule has 0 saturated carbocycles. The minimum absolute atomic E-state index is 0.0566. The van der Waals surface area contributed by atoms with Crippen molar-refractivity contribution in [2.45, 2.75) is 32.8 Å². The summed E-state index contributed by atoms with van der Waals surface area (Å²) >= 11 is 3.47. The Hall–Kier alpha value is -3.97. The lowest BCUT2D eigenvalue weighted by molar-refractivity contribution is 0.307. The van der Waals surface area contributed by atoms with E-state index in [2.05, 4.69) is 59.1 Å². The van der Waals surface area contributed by atoms with E-state index in [1.165, 1.54) is 10.1 Å². The summed E-state index contributed by atoms with van der Waals surface area (Å²) in [5.41, 5.74) is 3.35. The third-order valence-electron chi connectivity index (χ3n) is 6.98. The molecule has 0 aliphatic carbocycles. The maximum atomic E-state index is 13.6. The maximum absolute atomic E-state index is 13.6. The van der Waals surface area contributed by atoms with Gasteiger partial charge in [0.1, 0.15) is 18.2 Å². The fourth-order valence-electron chi connectivity index (χ4n) is 4.51. The zero-order valence-corrected chi connectivity index (χ0v) is 24.1. The van der Waals surface area contributed by atoms with Crippen LogP contribution in [0, 0.1) is 0 Å². The van der Waals surface area contributed by atoms with E-state index in [0.29, 0.717) is 29.1 Å². The Labute approximate surface area is 236 Å². The van der Waals surface area contributed by atoms with Crippen LogP contribution < -0.4 is 15.2 Å². The second-order valence-electron chi connectivity index (χ2n) is 9.85. The van der Waals surface area contributed by atoms with Crippen LogP contribution in [0.1, 0.15) is 43.1 Å². The van der Waals surface area contributed by atoms with Gasteiger partial charge in [0.2, 0.25) is 0 Å². The highest BCUT2D eigenvalue weighted by atomic mass is 79.9. The van der Waals surface area contributed by atoms with Crippen LogP contribution in [0.3, 0.4) is 0 Å². The first-order valence-electron chi connectivity index (χ1n) is 13.0. The van der Waals surface area contributed by atoms with Gasteiger partial charge in [0.25, 0.3) is 5.56 Å². The molecule has 39 heavy (non-hydrogen) atoms. The van der Waals surface area contributed by atoms with Gasteiger partial charge in [-0.2, -0.15) is 9.78 Å². The topological polar surface area (TPSA) is 59.7 Å². The molecular formula is C32H31BrN4O2. The lowest BCUT2D eigenvalue weighted by Crippen LogP contribution is -2.23. The van der Waals surface area contributed by atoms with E-state index in [-0.39, 0.29) is 11.5 Å². The first-order chi connectivity index (χ1) is 18.9. The fraction of sp³-hybridized carbons (Fsp3) is 0.219. The van der Waals surface area contributed by atoms with Crippen LogP contribution in [-0.4, -0.2) is 30.0 Å². The number of hydrogen-bond donors (Lipinski definition) is 0. The lowest BCUT2D eigenvalue weighted by Gasteiger charge is -2.17. The molecule has 0 fully saturated rings. The fourth-order valence-corrected chi connectivity index (χ4v) is 4.87. The number of anilines is 1. The smallest absolute Gasteiger partial charge is 0.282 e. The number of benzene rings is 4. The molecule has 1 heterocycles. The van der Waals surface area contributed by atoms with Gasteiger partial charge in [-0.3, -0.25) is 4.79 Å². The Balaban J connectivity index is 1.56. The number of nitrogens with zero attached hydrogens (tertiary/aromatic N) is 4. The zero-order valence-electron chi connectivity index (χ0n) is 22.6. The lowest BCUT2D eigenvalue weighted by atomic mass is 10.1. The van der Waals surface area contributed by atoms with Gasteiger partial charge in [0, 0.05) is 41.8 Å². The van der Waals surface area contributed by atoms with Crippen LogP contribution in [-0.2, 0) is 6.61 Å². The predicted molar refractivity (Wildman–Crippen MR) is 164 cm³/mol. The third-order valence-corrected chi connectivity index (χ3v) is 7.47. The Bertz CT molecular complexity index is 1740. The van der Waals surface area contributed by atoms with E-state index in [1.54, 1.807) is 12.3 Å². The molecule has 0 N–H and O–H groups in total. The quantitative estimate of drug-likeness (QED) is 0.179. The molecule has 5 aromatic rings. The van der Waals surface area contributed by atoms with Gasteiger partial charge in [-0.05, 0) is 53.1 Å². The Morgan fingerprint density at radius 2 is 1.82 bits per heavy atom. The van der Waals surface area contributed by atoms with Gasteiger partial charge in [-0.1, -0.05) is 72.2 Å². The molecule has 1 atom stereocenters. The molecule has 5 rings (SSSR count). The first kappa shape index (κ1) is 26.6. The van der Waals surface area contributed by atoms with Crippen molar-refractivity contribution in [3.8, 4) is 5.75 Å². The van der Waals surface area contributed by atoms with Crippen molar-refractivity contribution in [2.75, 3.05) is 19.0 Å². The van der Waals surface area contributed by atoms with Crippen molar-refractivity contribution in [2.24, 2.45) is 5.10 Å². The molecule has 0 aliphatic rings. The van der Waals surface area contributed by atoms with Gasteiger partial charge in [0.15, 0.2) is 0 Å². The van der Waals surface area contributed by atoms with Crippen molar-refractivity contribution in [1.29, 1.82) is 0 Å². The van der Waals surface area contributed by atoms with Gasteiger partial charge in [0.05, 0.1) is 17.1 Å². The average Bonchev–Trinajstić information content (AvgIpc) is 2.95. The van der Waals surface area contributed by atoms with Gasteiger partial charge in [-0.15, -0.1) is 0 Å². The van der Waals surface area contributed by atoms with Crippen LogP contribution in [0.4, 0.5) is 5.69 Å². The summed E-state index contributed by atoms with van der Waals surface area (Å²) in [6.07, 6.45) is 2.53. The van der Waals surface area contributed by atoms with Crippen LogP contribution in [0.15, 0.2) is 93.2 Å². The number of halogens is 1. The summed E-state index contributed by atoms with van der Waals surface area (Å²) < 4.78 is 8.65. The zero-order chi connectivity index (χ0) is 27.5. The minimum Gasteiger partial charge on any atom is -0.488 e. The molecule has 198 valence electrons. The molecule has 0 amide bonds. The summed E-state index contributed by atoms with van der Waals surface area (Å²) in [6, 6.07) is 26.1. The van der Waals surface area contributed by atoms with E-state index in [1.807, 2.05) is 67.5 Å². The van der Waals surface area contributed by atoms with E-state index in [9.17, 15) is 4.79 Å². The Morgan fingerprint density at radius 3 is 2.62 bits per heavy atom. The molecular weight excluding hydrogens is 552 g/mol. The second kappa shape index (κ2) is 11.4. The van der Waals surface area contributed by atoms with Gasteiger partial charge < -0.3 is 9.64 Å². The van der Waals surface area contributed by atoms with Gasteiger partial charge >= 0.3 is 0 Å². The molecule has 0 saturated heterocycles. The largest absolute Gasteiger partial charge is 0.488 e. The molecule has 1 aromatic heterocycles. The van der Waals surface area contributed by atoms with E-state index in [4.69, 9.17) is 9.72 Å². The van der Waals surface area contributed by atoms with E-state index < -0.39 is 0 Å². The summed E-state index contributed by atoms with van der Waals surface area (Å²) in [7, 11) is 3.99. The van der Waals surface area contributed by atoms with Crippen molar-refractivity contribution in [3.05, 3.63) is 111 Å². The second-order valence-corrected chi connectivity index (χ2v) is 10.8. The van der Waals surface area contributed by atoms with Crippen molar-refractivity contribution >= 4 is 49.5 Å². The first-order valence-corrected chi connectivity index (χ1v) is 13.8. The third kappa shape index (κ3) is 5.59. The number of ether oxygens (including phenoxy) is 1. The molecule has 0 radical (unpaired) electrons. The molecule has 0 unspecified atom stereocenters. The van der Waals surface area contributed by atoms with Crippen LogP contribution in [0.25, 0.3) is 21.7 Å². The number of fused-ring (bicyclic) bond motifs is 2. The highest BCUT2D eigenvalue weighted by molar-refractivity contribution is 9.10. The highest BCUT2D eigenvalue weighted by Crippen LogP contribution is 2.27. The van der Waals surface area contributed by atoms with Crippen molar-refractivity contribution < 1.29 is 4.74 Å². The highest BCUT2D eigenvalue weighted by Gasteiger charge is 2.16. The average molecular weight is 584 g/mol. The van der Waals surface area contributed by atoms with Crippen molar-refractivity contribution in [1.82, 2.24) is 9.66 Å². The molecule has 0 spiro atoms. The Kier molecular flexibility index (Phi) is 7.79. The molecule has 0 bridgehead atoms. The van der Waals surface area contributed by atoms with Gasteiger partial charge in [-0.25, -0.2) is 4.98 Å². The molecule has 6 nitrogen and oxygen atoms in total. The molecule has 4 aromatic carbocycles. The summed E-state index contributed by atoms with van der Waals surface area (Å²) in [5.74, 6) is 1.38. The number of rotatable bonds is 8. The van der Waals surface area contributed by atoms with Crippen molar-refractivity contribution in [3.63, 3.8) is 0 Å². The Morgan fingerprint density at radius 1 is 1.03 bits per heavy atom. The monoisotopic (exact) mass is 582 g/mol. The van der Waals surface area contributed by atoms with Crippen LogP contribution in [0.5, 0.6) is 5.75 Å². The molecule has 0 aliphatic heterocycles. The maximum Gasteiger partial charge on any atom is 0.282 e. The summed E-state index contributed by atoms with van der Waals surface area (Å²) in [5, 5.41) is 7.53. The van der Waals surface area contributed by atoms with E-state index in [0.717, 1.165) is 33.1 Å². The SMILES string of the molecule is CC[C@H](C)c1nc2ccc(Br)cc2c(=O)n1N=Cc1ccc(N(C)C)cc1OCc1cccc2ccccc12. The number of aromatic nitrogens is 2. The minimum atomic E-state index is -0.198. The van der Waals surface area contributed by atoms with Crippen LogP contribution >= 0.6 is 15.9 Å². The normalized spacial score (nSPS) is 12.3. The molecule has 7 heteroatoms. The number of hydrogen-bond acceptors (Lipinski definition) is 5. The standard InChI is InChI=1S/C32H31BrN4O2/c1-5-21(2)31-35-29-16-14-25(33)17-28(29)32(38)37(31)34-19-23-13-15-26(36(3)4)18-30(23)39-20-24-11-8-10-22-9-6-7-12-27(22)24/h6-19,21H,5,20H2,1-4H3/t21-/m0/s1.